The van der Waals surface area contributed by atoms with E-state index >= 15 is 0 Å². The highest BCUT2D eigenvalue weighted by Gasteiger charge is 2.05. The van der Waals surface area contributed by atoms with Crippen molar-refractivity contribution in [2.24, 2.45) is 0 Å². The number of nitrogens with zero attached hydrogens (tertiary/aromatic N) is 1. The van der Waals surface area contributed by atoms with Crippen molar-refractivity contribution in [3.05, 3.63) is 12.7 Å². The first-order valence-corrected chi connectivity index (χ1v) is 4.03. The van der Waals surface area contributed by atoms with E-state index in [9.17, 15) is 4.79 Å². The summed E-state index contributed by atoms with van der Waals surface area (Å²) in [5.74, 6) is -0.170. The van der Waals surface area contributed by atoms with Crippen LogP contribution in [0.25, 0.3) is 0 Å². The Balaban J connectivity index is 3.53. The second-order valence-corrected chi connectivity index (χ2v) is 2.98. The Morgan fingerprint density at radius 2 is 2.25 bits per heavy atom. The number of carbonyl (C=O) groups is 1. The third kappa shape index (κ3) is 5.92. The Hall–Kier alpha value is -0.830. The standard InChI is InChI=1S/C9H17NO2/c1-5-8(2)12-9(11)6-7-10(3)4/h5,8H,1,6-7H2,2-4H3. The lowest BCUT2D eigenvalue weighted by Gasteiger charge is -2.11. The highest BCUT2D eigenvalue weighted by Crippen LogP contribution is 1.95. The molecule has 1 atom stereocenters. The maximum atomic E-state index is 11.0. The lowest BCUT2D eigenvalue weighted by atomic mass is 10.4. The summed E-state index contributed by atoms with van der Waals surface area (Å²) in [6, 6.07) is 0. The molecule has 0 radical (unpaired) electrons. The molecule has 3 nitrogen and oxygen atoms in total. The molecular weight excluding hydrogens is 154 g/mol. The fourth-order valence-corrected chi connectivity index (χ4v) is 0.629. The van der Waals surface area contributed by atoms with Crippen molar-refractivity contribution in [2.75, 3.05) is 20.6 Å². The van der Waals surface area contributed by atoms with E-state index in [2.05, 4.69) is 6.58 Å². The van der Waals surface area contributed by atoms with Gasteiger partial charge in [-0.05, 0) is 21.0 Å². The number of rotatable bonds is 5. The van der Waals surface area contributed by atoms with Crippen LogP contribution in [-0.4, -0.2) is 37.6 Å². The van der Waals surface area contributed by atoms with E-state index < -0.39 is 0 Å². The van der Waals surface area contributed by atoms with Crippen LogP contribution in [0.4, 0.5) is 0 Å². The zero-order chi connectivity index (χ0) is 9.56. The maximum absolute atomic E-state index is 11.0. The SMILES string of the molecule is C=CC(C)OC(=O)CCN(C)C. The molecule has 0 aromatic carbocycles. The van der Waals surface area contributed by atoms with Crippen molar-refractivity contribution in [3.63, 3.8) is 0 Å². The first kappa shape index (κ1) is 11.2. The summed E-state index contributed by atoms with van der Waals surface area (Å²) in [5.41, 5.74) is 0. The van der Waals surface area contributed by atoms with Crippen LogP contribution in [0.2, 0.25) is 0 Å². The van der Waals surface area contributed by atoms with E-state index in [1.54, 1.807) is 13.0 Å². The lowest BCUT2D eigenvalue weighted by molar-refractivity contribution is -0.146. The normalized spacial score (nSPS) is 12.7. The molecule has 0 aliphatic rings. The van der Waals surface area contributed by atoms with Crippen LogP contribution in [0.5, 0.6) is 0 Å². The maximum Gasteiger partial charge on any atom is 0.307 e. The quantitative estimate of drug-likeness (QED) is 0.457. The predicted octanol–water partition coefficient (Wildman–Crippen LogP) is 1.06. The van der Waals surface area contributed by atoms with Gasteiger partial charge in [-0.2, -0.15) is 0 Å². The molecule has 0 heterocycles. The summed E-state index contributed by atoms with van der Waals surface area (Å²) < 4.78 is 4.97. The molecule has 0 saturated carbocycles. The van der Waals surface area contributed by atoms with E-state index in [4.69, 9.17) is 4.74 Å². The van der Waals surface area contributed by atoms with Crippen LogP contribution in [0.15, 0.2) is 12.7 Å². The van der Waals surface area contributed by atoms with Crippen LogP contribution < -0.4 is 0 Å². The third-order valence-electron chi connectivity index (χ3n) is 1.41. The van der Waals surface area contributed by atoms with E-state index in [-0.39, 0.29) is 12.1 Å². The Morgan fingerprint density at radius 3 is 2.67 bits per heavy atom. The molecule has 1 unspecified atom stereocenters. The highest BCUT2D eigenvalue weighted by atomic mass is 16.5. The van der Waals surface area contributed by atoms with Crippen molar-refractivity contribution in [3.8, 4) is 0 Å². The summed E-state index contributed by atoms with van der Waals surface area (Å²) >= 11 is 0. The van der Waals surface area contributed by atoms with Crippen LogP contribution in [0.1, 0.15) is 13.3 Å². The van der Waals surface area contributed by atoms with Gasteiger partial charge in [0, 0.05) is 6.54 Å². The van der Waals surface area contributed by atoms with E-state index in [1.807, 2.05) is 19.0 Å². The molecule has 0 saturated heterocycles. The van der Waals surface area contributed by atoms with E-state index in [0.717, 1.165) is 6.54 Å². The van der Waals surface area contributed by atoms with Crippen molar-refractivity contribution < 1.29 is 9.53 Å². The van der Waals surface area contributed by atoms with Crippen LogP contribution >= 0.6 is 0 Å². The zero-order valence-electron chi connectivity index (χ0n) is 8.04. The van der Waals surface area contributed by atoms with Gasteiger partial charge in [0.2, 0.25) is 0 Å². The fraction of sp³-hybridized carbons (Fsp3) is 0.667. The number of carbonyl (C=O) groups excluding carboxylic acids is 1. The fourth-order valence-electron chi connectivity index (χ4n) is 0.629. The molecule has 12 heavy (non-hydrogen) atoms. The number of esters is 1. The van der Waals surface area contributed by atoms with Gasteiger partial charge in [0.15, 0.2) is 0 Å². The third-order valence-corrected chi connectivity index (χ3v) is 1.41. The molecule has 0 fully saturated rings. The van der Waals surface area contributed by atoms with Gasteiger partial charge in [0.1, 0.15) is 6.10 Å². The van der Waals surface area contributed by atoms with Crippen LogP contribution in [0, 0.1) is 0 Å². The van der Waals surface area contributed by atoms with Gasteiger partial charge in [-0.15, -0.1) is 0 Å². The number of hydrogen-bond donors (Lipinski definition) is 0. The predicted molar refractivity (Wildman–Crippen MR) is 48.9 cm³/mol. The molecule has 70 valence electrons. The summed E-state index contributed by atoms with van der Waals surface area (Å²) in [5, 5.41) is 0. The molecular formula is C9H17NO2. The smallest absolute Gasteiger partial charge is 0.307 e. The molecule has 0 spiro atoms. The Morgan fingerprint density at radius 1 is 1.67 bits per heavy atom. The van der Waals surface area contributed by atoms with Crippen molar-refractivity contribution in [1.82, 2.24) is 4.90 Å². The zero-order valence-corrected chi connectivity index (χ0v) is 8.04. The van der Waals surface area contributed by atoms with Gasteiger partial charge in [-0.1, -0.05) is 12.7 Å². The van der Waals surface area contributed by atoms with E-state index in [0.29, 0.717) is 6.42 Å². The summed E-state index contributed by atoms with van der Waals surface area (Å²) in [6.45, 7) is 6.04. The molecule has 0 aliphatic carbocycles. The number of hydrogen-bond acceptors (Lipinski definition) is 3. The molecule has 0 aliphatic heterocycles. The van der Waals surface area contributed by atoms with Gasteiger partial charge >= 0.3 is 5.97 Å². The van der Waals surface area contributed by atoms with Gasteiger partial charge in [-0.3, -0.25) is 4.79 Å². The van der Waals surface area contributed by atoms with Crippen LogP contribution in [0.3, 0.4) is 0 Å². The average molecular weight is 171 g/mol. The Bertz CT molecular complexity index is 155. The van der Waals surface area contributed by atoms with E-state index in [1.165, 1.54) is 0 Å². The molecule has 0 aromatic rings. The summed E-state index contributed by atoms with van der Waals surface area (Å²) in [4.78, 5) is 13.0. The largest absolute Gasteiger partial charge is 0.458 e. The molecule has 0 rings (SSSR count). The van der Waals surface area contributed by atoms with Crippen molar-refractivity contribution in [2.45, 2.75) is 19.4 Å². The molecule has 0 aromatic heterocycles. The van der Waals surface area contributed by atoms with Gasteiger partial charge in [0.25, 0.3) is 0 Å². The minimum absolute atomic E-state index is 0.170. The second kappa shape index (κ2) is 5.77. The van der Waals surface area contributed by atoms with Gasteiger partial charge < -0.3 is 9.64 Å². The first-order valence-electron chi connectivity index (χ1n) is 4.03. The first-order chi connectivity index (χ1) is 5.56. The summed E-state index contributed by atoms with van der Waals surface area (Å²) in [7, 11) is 3.84. The molecule has 0 bridgehead atoms. The molecule has 0 amide bonds. The Kier molecular flexibility index (Phi) is 5.37. The van der Waals surface area contributed by atoms with Gasteiger partial charge in [-0.25, -0.2) is 0 Å². The topological polar surface area (TPSA) is 29.5 Å². The minimum atomic E-state index is -0.181. The molecule has 0 N–H and O–H groups in total. The summed E-state index contributed by atoms with van der Waals surface area (Å²) in [6.07, 6.45) is 1.86. The molecule has 3 heteroatoms. The second-order valence-electron chi connectivity index (χ2n) is 2.98. The van der Waals surface area contributed by atoms with Crippen LogP contribution in [-0.2, 0) is 9.53 Å². The number of ether oxygens (including phenoxy) is 1. The van der Waals surface area contributed by atoms with Crippen molar-refractivity contribution >= 4 is 5.97 Å². The monoisotopic (exact) mass is 171 g/mol. The van der Waals surface area contributed by atoms with Crippen molar-refractivity contribution in [1.29, 1.82) is 0 Å². The Labute approximate surface area is 74.0 Å². The lowest BCUT2D eigenvalue weighted by Crippen LogP contribution is -2.20. The van der Waals surface area contributed by atoms with Gasteiger partial charge in [0.05, 0.1) is 6.42 Å². The highest BCUT2D eigenvalue weighted by molar-refractivity contribution is 5.69. The average Bonchev–Trinajstić information content (AvgIpc) is 2.00. The minimum Gasteiger partial charge on any atom is -0.458 e.